The van der Waals surface area contributed by atoms with Gasteiger partial charge in [-0.15, -0.1) is 0 Å². The molecule has 25 heavy (non-hydrogen) atoms. The number of halogens is 2. The summed E-state index contributed by atoms with van der Waals surface area (Å²) in [5.41, 5.74) is 0.604. The smallest absolute Gasteiger partial charge is 0.314 e. The highest BCUT2D eigenvalue weighted by molar-refractivity contribution is 5.82. The minimum absolute atomic E-state index is 0.233. The van der Waals surface area contributed by atoms with E-state index in [0.717, 1.165) is 5.56 Å². The zero-order valence-electron chi connectivity index (χ0n) is 14.0. The predicted octanol–water partition coefficient (Wildman–Crippen LogP) is 4.36. The van der Waals surface area contributed by atoms with Crippen molar-refractivity contribution in [3.05, 3.63) is 70.8 Å². The molecule has 2 atom stereocenters. The molecule has 1 saturated carbocycles. The molecule has 1 fully saturated rings. The summed E-state index contributed by atoms with van der Waals surface area (Å²) in [4.78, 5) is 12.0. The van der Waals surface area contributed by atoms with E-state index < -0.39 is 17.2 Å². The van der Waals surface area contributed by atoms with Gasteiger partial charge < -0.3 is 9.84 Å². The van der Waals surface area contributed by atoms with E-state index >= 15 is 0 Å². The number of hydrogen-bond acceptors (Lipinski definition) is 2. The summed E-state index contributed by atoms with van der Waals surface area (Å²) in [6, 6.07) is 10.6. The third kappa shape index (κ3) is 3.42. The number of ether oxygens (including phenoxy) is 1. The van der Waals surface area contributed by atoms with E-state index in [2.05, 4.69) is 0 Å². The number of carboxylic acids is 1. The van der Waals surface area contributed by atoms with Crippen molar-refractivity contribution in [1.82, 2.24) is 0 Å². The summed E-state index contributed by atoms with van der Waals surface area (Å²) >= 11 is 0. The molecule has 5 heteroatoms. The van der Waals surface area contributed by atoms with Crippen LogP contribution in [0.2, 0.25) is 0 Å². The highest BCUT2D eigenvalue weighted by atomic mass is 19.1. The summed E-state index contributed by atoms with van der Waals surface area (Å²) in [6.07, 6.45) is 1.06. The second-order valence-electron chi connectivity index (χ2n) is 6.60. The van der Waals surface area contributed by atoms with Crippen LogP contribution < -0.4 is 0 Å². The van der Waals surface area contributed by atoms with Crippen LogP contribution in [0.5, 0.6) is 0 Å². The SMILES string of the molecule is Cc1c(F)cccc1[C@]1(C(=O)O)CC[C@H](OCc2ccc(F)cc2)C1. The lowest BCUT2D eigenvalue weighted by Gasteiger charge is -2.27. The van der Waals surface area contributed by atoms with Crippen LogP contribution in [0.3, 0.4) is 0 Å². The molecule has 3 rings (SSSR count). The van der Waals surface area contributed by atoms with Crippen LogP contribution in [0.15, 0.2) is 42.5 Å². The Hall–Kier alpha value is -2.27. The monoisotopic (exact) mass is 346 g/mol. The van der Waals surface area contributed by atoms with E-state index in [-0.39, 0.29) is 11.9 Å². The Morgan fingerprint density at radius 1 is 1.24 bits per heavy atom. The third-order valence-corrected chi connectivity index (χ3v) is 5.06. The molecule has 0 unspecified atom stereocenters. The molecule has 0 aromatic heterocycles. The zero-order chi connectivity index (χ0) is 18.0. The first kappa shape index (κ1) is 17.5. The molecule has 0 aliphatic heterocycles. The van der Waals surface area contributed by atoms with Gasteiger partial charge in [0, 0.05) is 0 Å². The Kier molecular flexibility index (Phi) is 4.86. The van der Waals surface area contributed by atoms with Gasteiger partial charge in [0.2, 0.25) is 0 Å². The second-order valence-corrected chi connectivity index (χ2v) is 6.60. The summed E-state index contributed by atoms with van der Waals surface area (Å²) in [5, 5.41) is 9.85. The molecular weight excluding hydrogens is 326 g/mol. The first-order valence-electron chi connectivity index (χ1n) is 8.27. The van der Waals surface area contributed by atoms with Crippen LogP contribution in [0.1, 0.15) is 36.0 Å². The average Bonchev–Trinajstić information content (AvgIpc) is 3.02. The van der Waals surface area contributed by atoms with Crippen LogP contribution in [-0.4, -0.2) is 17.2 Å². The van der Waals surface area contributed by atoms with Gasteiger partial charge in [-0.25, -0.2) is 8.78 Å². The maximum absolute atomic E-state index is 13.9. The Bertz CT molecular complexity index is 773. The van der Waals surface area contributed by atoms with Gasteiger partial charge in [-0.3, -0.25) is 4.79 Å². The predicted molar refractivity (Wildman–Crippen MR) is 89.3 cm³/mol. The van der Waals surface area contributed by atoms with E-state index in [1.165, 1.54) is 18.2 Å². The first-order chi connectivity index (χ1) is 11.9. The normalized spacial score (nSPS) is 22.9. The van der Waals surface area contributed by atoms with E-state index in [0.29, 0.717) is 37.0 Å². The van der Waals surface area contributed by atoms with E-state index in [4.69, 9.17) is 4.74 Å². The number of aliphatic carboxylic acids is 1. The van der Waals surface area contributed by atoms with Gasteiger partial charge in [-0.1, -0.05) is 24.3 Å². The molecule has 0 bridgehead atoms. The molecule has 3 nitrogen and oxygen atoms in total. The van der Waals surface area contributed by atoms with Crippen LogP contribution >= 0.6 is 0 Å². The summed E-state index contributed by atoms with van der Waals surface area (Å²) < 4.78 is 32.7. The molecule has 0 spiro atoms. The molecule has 1 aliphatic rings. The Balaban J connectivity index is 1.76. The van der Waals surface area contributed by atoms with Crippen molar-refractivity contribution in [3.63, 3.8) is 0 Å². The summed E-state index contributed by atoms with van der Waals surface area (Å²) in [7, 11) is 0. The molecule has 1 aliphatic carbocycles. The van der Waals surface area contributed by atoms with Gasteiger partial charge in [0.1, 0.15) is 11.6 Å². The minimum atomic E-state index is -1.13. The molecule has 1 N–H and O–H groups in total. The number of hydrogen-bond donors (Lipinski definition) is 1. The highest BCUT2D eigenvalue weighted by Gasteiger charge is 2.48. The fourth-order valence-electron chi connectivity index (χ4n) is 3.62. The van der Waals surface area contributed by atoms with E-state index in [1.807, 2.05) is 0 Å². The van der Waals surface area contributed by atoms with Crippen molar-refractivity contribution in [3.8, 4) is 0 Å². The number of benzene rings is 2. The molecule has 0 radical (unpaired) electrons. The zero-order valence-corrected chi connectivity index (χ0v) is 14.0. The largest absolute Gasteiger partial charge is 0.481 e. The molecule has 0 saturated heterocycles. The lowest BCUT2D eigenvalue weighted by atomic mass is 9.76. The standard InChI is InChI=1S/C20H20F2O3/c1-13-17(3-2-4-18(13)22)20(19(23)24)10-9-16(11-20)25-12-14-5-7-15(21)8-6-14/h2-8,16H,9-12H2,1H3,(H,23,24)/t16-,20-/m0/s1. The van der Waals surface area contributed by atoms with Crippen LogP contribution in [-0.2, 0) is 21.6 Å². The lowest BCUT2D eigenvalue weighted by Crippen LogP contribution is -2.35. The van der Waals surface area contributed by atoms with Crippen molar-refractivity contribution in [1.29, 1.82) is 0 Å². The lowest BCUT2D eigenvalue weighted by molar-refractivity contribution is -0.144. The van der Waals surface area contributed by atoms with Gasteiger partial charge in [-0.2, -0.15) is 0 Å². The fraction of sp³-hybridized carbons (Fsp3) is 0.350. The summed E-state index contributed by atoms with van der Waals surface area (Å²) in [6.45, 7) is 1.91. The molecule has 2 aromatic carbocycles. The van der Waals surface area contributed by atoms with Crippen molar-refractivity contribution in [2.75, 3.05) is 0 Å². The van der Waals surface area contributed by atoms with E-state index in [9.17, 15) is 18.7 Å². The van der Waals surface area contributed by atoms with Crippen molar-refractivity contribution in [2.24, 2.45) is 0 Å². The molecular formula is C20H20F2O3. The number of rotatable bonds is 5. The van der Waals surface area contributed by atoms with Crippen molar-refractivity contribution < 1.29 is 23.4 Å². The van der Waals surface area contributed by atoms with Gasteiger partial charge in [0.05, 0.1) is 18.1 Å². The van der Waals surface area contributed by atoms with Gasteiger partial charge in [0.25, 0.3) is 0 Å². The Morgan fingerprint density at radius 2 is 1.96 bits per heavy atom. The van der Waals surface area contributed by atoms with Crippen LogP contribution in [0, 0.1) is 18.6 Å². The quantitative estimate of drug-likeness (QED) is 0.875. The average molecular weight is 346 g/mol. The molecule has 0 heterocycles. The number of carbonyl (C=O) groups is 1. The van der Waals surface area contributed by atoms with Crippen molar-refractivity contribution >= 4 is 5.97 Å². The van der Waals surface area contributed by atoms with E-state index in [1.54, 1.807) is 31.2 Å². The van der Waals surface area contributed by atoms with Gasteiger partial charge in [-0.05, 0) is 61.1 Å². The topological polar surface area (TPSA) is 46.5 Å². The molecule has 132 valence electrons. The van der Waals surface area contributed by atoms with Crippen molar-refractivity contribution in [2.45, 2.75) is 44.3 Å². The Morgan fingerprint density at radius 3 is 2.64 bits per heavy atom. The van der Waals surface area contributed by atoms with Crippen LogP contribution in [0.25, 0.3) is 0 Å². The van der Waals surface area contributed by atoms with Gasteiger partial charge >= 0.3 is 5.97 Å². The first-order valence-corrected chi connectivity index (χ1v) is 8.27. The molecule has 0 amide bonds. The highest BCUT2D eigenvalue weighted by Crippen LogP contribution is 2.44. The summed E-state index contributed by atoms with van der Waals surface area (Å²) in [5.74, 6) is -1.65. The van der Waals surface area contributed by atoms with Gasteiger partial charge in [0.15, 0.2) is 0 Å². The molecule has 2 aromatic rings. The Labute approximate surface area is 145 Å². The third-order valence-electron chi connectivity index (χ3n) is 5.06. The second kappa shape index (κ2) is 6.92. The minimum Gasteiger partial charge on any atom is -0.481 e. The maximum Gasteiger partial charge on any atom is 0.314 e. The fourth-order valence-corrected chi connectivity index (χ4v) is 3.62. The maximum atomic E-state index is 13.9. The number of carboxylic acid groups (broad SMARTS) is 1. The van der Waals surface area contributed by atoms with Crippen LogP contribution in [0.4, 0.5) is 8.78 Å².